The molecule has 2 aliphatic rings. The van der Waals surface area contributed by atoms with Crippen molar-refractivity contribution in [2.75, 3.05) is 58.4 Å². The summed E-state index contributed by atoms with van der Waals surface area (Å²) >= 11 is 0. The second kappa shape index (κ2) is 6.80. The van der Waals surface area contributed by atoms with E-state index in [1.54, 1.807) is 25.7 Å². The first-order valence-electron chi connectivity index (χ1n) is 8.18. The van der Waals surface area contributed by atoms with Gasteiger partial charge in [0.1, 0.15) is 11.4 Å². The Bertz CT molecular complexity index is 529. The fraction of sp³-hybridized carbons (Fsp3) is 0.688. The average molecular weight is 319 g/mol. The highest BCUT2D eigenvalue weighted by Crippen LogP contribution is 2.33. The molecule has 2 saturated heterocycles. The molecule has 0 bridgehead atoms. The maximum atomic E-state index is 13.0. The van der Waals surface area contributed by atoms with Gasteiger partial charge >= 0.3 is 0 Å². The number of carbonyl (C=O) groups is 1. The molecule has 0 atom stereocenters. The van der Waals surface area contributed by atoms with E-state index in [2.05, 4.69) is 26.8 Å². The maximum Gasteiger partial charge on any atom is 0.243 e. The van der Waals surface area contributed by atoms with E-state index in [0.717, 1.165) is 44.8 Å². The van der Waals surface area contributed by atoms with Crippen LogP contribution in [0.5, 0.6) is 0 Å². The Kier molecular flexibility index (Phi) is 4.77. The number of likely N-dealkylation sites (N-methyl/N-ethyl adjacent to an activating group) is 1. The number of aromatic nitrogens is 2. The van der Waals surface area contributed by atoms with Crippen LogP contribution in [0.4, 0.5) is 5.82 Å². The lowest BCUT2D eigenvalue weighted by Gasteiger charge is -2.51. The van der Waals surface area contributed by atoms with Crippen molar-refractivity contribution in [3.8, 4) is 0 Å². The number of piperazine rings is 1. The van der Waals surface area contributed by atoms with Gasteiger partial charge in [-0.05, 0) is 19.9 Å². The summed E-state index contributed by atoms with van der Waals surface area (Å²) in [4.78, 5) is 28.0. The average Bonchev–Trinajstić information content (AvgIpc) is 2.61. The van der Waals surface area contributed by atoms with Gasteiger partial charge in [0.2, 0.25) is 5.91 Å². The lowest BCUT2D eigenvalue weighted by Crippen LogP contribution is -2.68. The van der Waals surface area contributed by atoms with Crippen LogP contribution in [-0.2, 0) is 9.53 Å². The molecule has 126 valence electrons. The maximum absolute atomic E-state index is 13.0. The first-order chi connectivity index (χ1) is 11.2. The quantitative estimate of drug-likeness (QED) is 0.792. The van der Waals surface area contributed by atoms with Crippen molar-refractivity contribution in [2.45, 2.75) is 18.4 Å². The molecule has 2 fully saturated rings. The van der Waals surface area contributed by atoms with Crippen LogP contribution in [-0.4, -0.2) is 84.7 Å². The van der Waals surface area contributed by atoms with Gasteiger partial charge in [-0.15, -0.1) is 0 Å². The first-order valence-corrected chi connectivity index (χ1v) is 8.18. The summed E-state index contributed by atoms with van der Waals surface area (Å²) in [5, 5.41) is 0. The third-order valence-corrected chi connectivity index (χ3v) is 5.15. The second-order valence-electron chi connectivity index (χ2n) is 6.29. The Morgan fingerprint density at radius 2 is 2.00 bits per heavy atom. The number of hydrogen-bond donors (Lipinski definition) is 0. The molecule has 1 aromatic rings. The third-order valence-electron chi connectivity index (χ3n) is 5.15. The van der Waals surface area contributed by atoms with Gasteiger partial charge in [-0.3, -0.25) is 14.7 Å². The topological polar surface area (TPSA) is 61.8 Å². The minimum atomic E-state index is -0.370. The molecule has 7 nitrogen and oxygen atoms in total. The van der Waals surface area contributed by atoms with Crippen LogP contribution < -0.4 is 4.90 Å². The van der Waals surface area contributed by atoms with E-state index in [1.807, 2.05) is 4.90 Å². The molecule has 0 N–H and O–H groups in total. The van der Waals surface area contributed by atoms with Crippen molar-refractivity contribution in [3.63, 3.8) is 0 Å². The Morgan fingerprint density at radius 3 is 2.65 bits per heavy atom. The second-order valence-corrected chi connectivity index (χ2v) is 6.29. The third kappa shape index (κ3) is 3.03. The number of ether oxygens (including phenoxy) is 1. The number of amides is 1. The van der Waals surface area contributed by atoms with Gasteiger partial charge in [-0.1, -0.05) is 0 Å². The molecule has 0 aromatic carbocycles. The van der Waals surface area contributed by atoms with E-state index in [9.17, 15) is 4.79 Å². The highest BCUT2D eigenvalue weighted by molar-refractivity contribution is 5.87. The van der Waals surface area contributed by atoms with Crippen molar-refractivity contribution < 1.29 is 9.53 Å². The fourth-order valence-electron chi connectivity index (χ4n) is 3.61. The Labute approximate surface area is 137 Å². The lowest BCUT2D eigenvalue weighted by molar-refractivity contribution is -0.152. The molecule has 1 amide bonds. The van der Waals surface area contributed by atoms with Gasteiger partial charge in [-0.25, -0.2) is 4.98 Å². The standard InChI is InChI=1S/C16H25N5O2/c1-19-9-10-21(11-12-23-2)15(22)16(19)3-7-20(8-4-16)14-13-17-5-6-18-14/h5-6,13H,3-4,7-12H2,1-2H3. The fourth-order valence-corrected chi connectivity index (χ4v) is 3.61. The van der Waals surface area contributed by atoms with Crippen LogP contribution in [0.1, 0.15) is 12.8 Å². The van der Waals surface area contributed by atoms with Crippen molar-refractivity contribution in [1.82, 2.24) is 19.8 Å². The lowest BCUT2D eigenvalue weighted by atomic mass is 9.83. The molecular formula is C16H25N5O2. The van der Waals surface area contributed by atoms with E-state index in [4.69, 9.17) is 4.74 Å². The predicted molar refractivity (Wildman–Crippen MR) is 87.3 cm³/mol. The predicted octanol–water partition coefficient (Wildman–Crippen LogP) is 0.236. The van der Waals surface area contributed by atoms with Crippen molar-refractivity contribution in [3.05, 3.63) is 18.6 Å². The zero-order valence-electron chi connectivity index (χ0n) is 13.9. The molecule has 2 aliphatic heterocycles. The smallest absolute Gasteiger partial charge is 0.243 e. The number of anilines is 1. The Hall–Kier alpha value is -1.73. The molecule has 1 spiro atoms. The van der Waals surface area contributed by atoms with Crippen LogP contribution >= 0.6 is 0 Å². The molecule has 0 saturated carbocycles. The van der Waals surface area contributed by atoms with Crippen LogP contribution in [0.3, 0.4) is 0 Å². The molecule has 0 aliphatic carbocycles. The largest absolute Gasteiger partial charge is 0.383 e. The summed E-state index contributed by atoms with van der Waals surface area (Å²) in [7, 11) is 3.75. The number of nitrogens with zero attached hydrogens (tertiary/aromatic N) is 5. The van der Waals surface area contributed by atoms with Gasteiger partial charge in [0.25, 0.3) is 0 Å². The number of carbonyl (C=O) groups excluding carboxylic acids is 1. The number of rotatable bonds is 4. The van der Waals surface area contributed by atoms with Crippen LogP contribution in [0, 0.1) is 0 Å². The van der Waals surface area contributed by atoms with Crippen molar-refractivity contribution >= 4 is 11.7 Å². The summed E-state index contributed by atoms with van der Waals surface area (Å²) in [6.45, 7) is 4.63. The number of methoxy groups -OCH3 is 1. The monoisotopic (exact) mass is 319 g/mol. The van der Waals surface area contributed by atoms with Crippen LogP contribution in [0.2, 0.25) is 0 Å². The minimum absolute atomic E-state index is 0.252. The Balaban J connectivity index is 1.70. The summed E-state index contributed by atoms with van der Waals surface area (Å²) in [6, 6.07) is 0. The van der Waals surface area contributed by atoms with Gasteiger partial charge in [0.05, 0.1) is 12.8 Å². The number of hydrogen-bond acceptors (Lipinski definition) is 6. The van der Waals surface area contributed by atoms with E-state index in [1.165, 1.54) is 0 Å². The summed E-state index contributed by atoms with van der Waals surface area (Å²) in [6.07, 6.45) is 6.82. The molecule has 0 radical (unpaired) electrons. The van der Waals surface area contributed by atoms with Crippen LogP contribution in [0.15, 0.2) is 18.6 Å². The molecule has 3 rings (SSSR count). The van der Waals surface area contributed by atoms with Crippen molar-refractivity contribution in [1.29, 1.82) is 0 Å². The summed E-state index contributed by atoms with van der Waals surface area (Å²) < 4.78 is 5.14. The molecule has 0 unspecified atom stereocenters. The van der Waals surface area contributed by atoms with Gasteiger partial charge in [0, 0.05) is 52.2 Å². The zero-order chi connectivity index (χ0) is 16.3. The highest BCUT2D eigenvalue weighted by atomic mass is 16.5. The zero-order valence-corrected chi connectivity index (χ0v) is 13.9. The SMILES string of the molecule is COCCN1CCN(C)C2(CCN(c3cnccn3)CC2)C1=O. The first kappa shape index (κ1) is 16.1. The van der Waals surface area contributed by atoms with E-state index >= 15 is 0 Å². The van der Waals surface area contributed by atoms with E-state index in [0.29, 0.717) is 13.2 Å². The van der Waals surface area contributed by atoms with Crippen molar-refractivity contribution in [2.24, 2.45) is 0 Å². The van der Waals surface area contributed by atoms with Gasteiger partial charge < -0.3 is 14.5 Å². The highest BCUT2D eigenvalue weighted by Gasteiger charge is 2.49. The molecule has 3 heterocycles. The molecular weight excluding hydrogens is 294 g/mol. The molecule has 1 aromatic heterocycles. The summed E-state index contributed by atoms with van der Waals surface area (Å²) in [5.41, 5.74) is -0.370. The van der Waals surface area contributed by atoms with Crippen LogP contribution in [0.25, 0.3) is 0 Å². The van der Waals surface area contributed by atoms with Gasteiger partial charge in [0.15, 0.2) is 0 Å². The molecule has 7 heteroatoms. The van der Waals surface area contributed by atoms with E-state index < -0.39 is 0 Å². The Morgan fingerprint density at radius 1 is 1.22 bits per heavy atom. The van der Waals surface area contributed by atoms with E-state index in [-0.39, 0.29) is 11.4 Å². The normalized spacial score (nSPS) is 21.9. The summed E-state index contributed by atoms with van der Waals surface area (Å²) in [5.74, 6) is 1.14. The number of piperidine rings is 1. The minimum Gasteiger partial charge on any atom is -0.383 e. The molecule has 23 heavy (non-hydrogen) atoms. The van der Waals surface area contributed by atoms with Gasteiger partial charge in [-0.2, -0.15) is 0 Å².